The van der Waals surface area contributed by atoms with E-state index in [9.17, 15) is 4.79 Å². The third kappa shape index (κ3) is 3.31. The molecule has 3 atom stereocenters. The molecule has 4 heterocycles. The van der Waals surface area contributed by atoms with Crippen LogP contribution in [0.1, 0.15) is 37.0 Å². The Morgan fingerprint density at radius 2 is 2.22 bits per heavy atom. The van der Waals surface area contributed by atoms with Crippen molar-refractivity contribution in [1.29, 1.82) is 0 Å². The van der Waals surface area contributed by atoms with Crippen LogP contribution in [0.25, 0.3) is 0 Å². The molecule has 3 fully saturated rings. The number of amides is 1. The van der Waals surface area contributed by atoms with Crippen LogP contribution in [0.5, 0.6) is 0 Å². The molecule has 1 aromatic rings. The molecule has 0 N–H and O–H groups in total. The van der Waals surface area contributed by atoms with E-state index in [4.69, 9.17) is 9.57 Å². The number of carbonyl (C=O) groups is 1. The summed E-state index contributed by atoms with van der Waals surface area (Å²) >= 11 is 1.81. The number of hydroxylamine groups is 2. The van der Waals surface area contributed by atoms with Crippen molar-refractivity contribution in [2.45, 2.75) is 56.9 Å². The molecule has 4 rings (SSSR count). The summed E-state index contributed by atoms with van der Waals surface area (Å²) in [6.07, 6.45) is 4.83. The number of carbonyl (C=O) groups excluding carboxylic acids is 1. The second kappa shape index (κ2) is 6.89. The highest BCUT2D eigenvalue weighted by Crippen LogP contribution is 2.33. The summed E-state index contributed by atoms with van der Waals surface area (Å²) in [4.78, 5) is 22.0. The predicted octanol–water partition coefficient (Wildman–Crippen LogP) is 2.42. The highest BCUT2D eigenvalue weighted by Gasteiger charge is 2.42. The van der Waals surface area contributed by atoms with Gasteiger partial charge < -0.3 is 4.74 Å². The van der Waals surface area contributed by atoms with Crippen molar-refractivity contribution in [1.82, 2.24) is 9.96 Å². The standard InChI is InChI=1S/C17H24N2O3S/c20-17(19-8-1-2-10-21-19)16-6-5-14-15(22-16)7-9-18(14)12-13-4-3-11-23-13/h3-4,11,14-16H,1-2,5-10,12H2/t14-,15-,16+/m1/s1. The number of likely N-dealkylation sites (tertiary alicyclic amines) is 1. The van der Waals surface area contributed by atoms with Gasteiger partial charge in [0.1, 0.15) is 6.10 Å². The summed E-state index contributed by atoms with van der Waals surface area (Å²) in [6.45, 7) is 3.43. The van der Waals surface area contributed by atoms with Gasteiger partial charge in [-0.2, -0.15) is 0 Å². The van der Waals surface area contributed by atoms with E-state index in [2.05, 4.69) is 22.4 Å². The molecule has 0 aromatic carbocycles. The Kier molecular flexibility index (Phi) is 4.66. The van der Waals surface area contributed by atoms with Crippen LogP contribution in [0.15, 0.2) is 17.5 Å². The monoisotopic (exact) mass is 336 g/mol. The first-order chi connectivity index (χ1) is 11.3. The Morgan fingerprint density at radius 3 is 3.00 bits per heavy atom. The summed E-state index contributed by atoms with van der Waals surface area (Å²) < 4.78 is 6.17. The maximum absolute atomic E-state index is 12.5. The maximum atomic E-state index is 12.5. The molecule has 3 aliphatic heterocycles. The van der Waals surface area contributed by atoms with Gasteiger partial charge in [-0.05, 0) is 43.6 Å². The summed E-state index contributed by atoms with van der Waals surface area (Å²) in [5.74, 6) is 0.0276. The Balaban J connectivity index is 1.34. The molecule has 3 aliphatic rings. The van der Waals surface area contributed by atoms with Gasteiger partial charge in [0.2, 0.25) is 0 Å². The molecular formula is C17H24N2O3S. The van der Waals surface area contributed by atoms with Gasteiger partial charge in [-0.1, -0.05) is 6.07 Å². The third-order valence-electron chi connectivity index (χ3n) is 5.13. The Hall–Kier alpha value is -0.950. The molecule has 0 radical (unpaired) electrons. The average molecular weight is 336 g/mol. The van der Waals surface area contributed by atoms with E-state index in [0.29, 0.717) is 19.2 Å². The normalized spacial score (nSPS) is 32.0. The molecule has 3 saturated heterocycles. The van der Waals surface area contributed by atoms with E-state index in [1.807, 2.05) is 11.3 Å². The first kappa shape index (κ1) is 15.6. The highest BCUT2D eigenvalue weighted by molar-refractivity contribution is 7.09. The lowest BCUT2D eigenvalue weighted by molar-refractivity contribution is -0.213. The van der Waals surface area contributed by atoms with Crippen LogP contribution < -0.4 is 0 Å². The van der Waals surface area contributed by atoms with Gasteiger partial charge in [-0.3, -0.25) is 14.5 Å². The largest absolute Gasteiger partial charge is 0.363 e. The minimum Gasteiger partial charge on any atom is -0.363 e. The summed E-state index contributed by atoms with van der Waals surface area (Å²) in [7, 11) is 0. The van der Waals surface area contributed by atoms with Gasteiger partial charge >= 0.3 is 0 Å². The van der Waals surface area contributed by atoms with Crippen LogP contribution >= 0.6 is 11.3 Å². The second-order valence-electron chi connectivity index (χ2n) is 6.63. The summed E-state index contributed by atoms with van der Waals surface area (Å²) in [6, 6.07) is 4.77. The maximum Gasteiger partial charge on any atom is 0.275 e. The van der Waals surface area contributed by atoms with E-state index in [-0.39, 0.29) is 18.1 Å². The predicted molar refractivity (Wildman–Crippen MR) is 87.9 cm³/mol. The van der Waals surface area contributed by atoms with Crippen molar-refractivity contribution in [2.24, 2.45) is 0 Å². The molecule has 0 saturated carbocycles. The van der Waals surface area contributed by atoms with Crippen molar-refractivity contribution >= 4 is 17.2 Å². The van der Waals surface area contributed by atoms with Gasteiger partial charge in [0, 0.05) is 30.6 Å². The molecule has 1 amide bonds. The summed E-state index contributed by atoms with van der Waals surface area (Å²) in [5.41, 5.74) is 0. The topological polar surface area (TPSA) is 42.0 Å². The molecule has 1 aromatic heterocycles. The number of thiophene rings is 1. The van der Waals surface area contributed by atoms with Gasteiger partial charge in [0.15, 0.2) is 0 Å². The minimum absolute atomic E-state index is 0.0276. The minimum atomic E-state index is -0.309. The zero-order valence-corrected chi connectivity index (χ0v) is 14.2. The molecule has 126 valence electrons. The molecule has 0 unspecified atom stereocenters. The van der Waals surface area contributed by atoms with E-state index in [0.717, 1.165) is 45.2 Å². The molecule has 5 nitrogen and oxygen atoms in total. The van der Waals surface area contributed by atoms with E-state index < -0.39 is 0 Å². The second-order valence-corrected chi connectivity index (χ2v) is 7.66. The SMILES string of the molecule is O=C([C@@H]1CC[C@@H]2[C@@H](CCN2Cc2cccs2)O1)N1CCCCO1. The fourth-order valence-corrected chi connectivity index (χ4v) is 4.66. The zero-order chi connectivity index (χ0) is 15.6. The van der Waals surface area contributed by atoms with Crippen LogP contribution in [-0.4, -0.2) is 53.8 Å². The van der Waals surface area contributed by atoms with Crippen LogP contribution in [0, 0.1) is 0 Å². The molecule has 0 spiro atoms. The van der Waals surface area contributed by atoms with Crippen molar-refractivity contribution < 1.29 is 14.4 Å². The third-order valence-corrected chi connectivity index (χ3v) is 5.99. The lowest BCUT2D eigenvalue weighted by Crippen LogP contribution is -2.49. The van der Waals surface area contributed by atoms with E-state index >= 15 is 0 Å². The number of hydrogen-bond acceptors (Lipinski definition) is 5. The van der Waals surface area contributed by atoms with Crippen molar-refractivity contribution in [2.75, 3.05) is 19.7 Å². The van der Waals surface area contributed by atoms with Crippen LogP contribution in [0.2, 0.25) is 0 Å². The van der Waals surface area contributed by atoms with Gasteiger partial charge in [0.25, 0.3) is 5.91 Å². The van der Waals surface area contributed by atoms with Crippen LogP contribution in [0.4, 0.5) is 0 Å². The lowest BCUT2D eigenvalue weighted by atomic mass is 9.98. The average Bonchev–Trinajstić information content (AvgIpc) is 3.25. The van der Waals surface area contributed by atoms with Crippen molar-refractivity contribution in [3.8, 4) is 0 Å². The van der Waals surface area contributed by atoms with Gasteiger partial charge in [-0.15, -0.1) is 11.3 Å². The fourth-order valence-electron chi connectivity index (χ4n) is 3.93. The fraction of sp³-hybridized carbons (Fsp3) is 0.706. The van der Waals surface area contributed by atoms with Crippen molar-refractivity contribution in [3.05, 3.63) is 22.4 Å². The molecular weight excluding hydrogens is 312 g/mol. The number of fused-ring (bicyclic) bond motifs is 1. The van der Waals surface area contributed by atoms with Crippen molar-refractivity contribution in [3.63, 3.8) is 0 Å². The molecule has 0 bridgehead atoms. The van der Waals surface area contributed by atoms with Gasteiger partial charge in [0.05, 0.1) is 12.7 Å². The van der Waals surface area contributed by atoms with Gasteiger partial charge in [-0.25, -0.2) is 5.06 Å². The Bertz CT molecular complexity index is 530. The highest BCUT2D eigenvalue weighted by atomic mass is 32.1. The van der Waals surface area contributed by atoms with E-state index in [1.54, 1.807) is 0 Å². The Morgan fingerprint density at radius 1 is 1.26 bits per heavy atom. The summed E-state index contributed by atoms with van der Waals surface area (Å²) in [5, 5.41) is 3.67. The number of ether oxygens (including phenoxy) is 1. The van der Waals surface area contributed by atoms with Crippen LogP contribution in [0.3, 0.4) is 0 Å². The Labute approximate surface area is 141 Å². The first-order valence-electron chi connectivity index (χ1n) is 8.67. The first-order valence-corrected chi connectivity index (χ1v) is 9.55. The quantitative estimate of drug-likeness (QED) is 0.850. The van der Waals surface area contributed by atoms with E-state index in [1.165, 1.54) is 9.94 Å². The number of rotatable bonds is 3. The number of hydrogen-bond donors (Lipinski definition) is 0. The van der Waals surface area contributed by atoms with Crippen LogP contribution in [-0.2, 0) is 20.9 Å². The molecule has 6 heteroatoms. The zero-order valence-electron chi connectivity index (χ0n) is 13.4. The number of nitrogens with zero attached hydrogens (tertiary/aromatic N) is 2. The molecule has 0 aliphatic carbocycles. The molecule has 23 heavy (non-hydrogen) atoms. The lowest BCUT2D eigenvalue weighted by Gasteiger charge is -2.37. The smallest absolute Gasteiger partial charge is 0.275 e.